The van der Waals surface area contributed by atoms with Gasteiger partial charge in [0.2, 0.25) is 0 Å². The quantitative estimate of drug-likeness (QED) is 0.849. The van der Waals surface area contributed by atoms with E-state index in [2.05, 4.69) is 0 Å². The van der Waals surface area contributed by atoms with E-state index in [9.17, 15) is 4.79 Å². The Balaban J connectivity index is 2.10. The fourth-order valence-electron chi connectivity index (χ4n) is 1.64. The minimum Gasteiger partial charge on any atom is -0.478 e. The zero-order valence-corrected chi connectivity index (χ0v) is 11.1. The van der Waals surface area contributed by atoms with Crippen LogP contribution in [0.15, 0.2) is 39.6 Å². The molecule has 1 N–H and O–H groups in total. The molecule has 0 bridgehead atoms. The van der Waals surface area contributed by atoms with Crippen molar-refractivity contribution < 1.29 is 14.3 Å². The molecule has 4 heteroatoms. The molecular formula is C14H14O3S. The number of benzene rings is 1. The SMILES string of the molecule is Cc1ccc(CSc2ccc(C)c(C(=O)O)c2)o1. The van der Waals surface area contributed by atoms with E-state index in [1.165, 1.54) is 0 Å². The van der Waals surface area contributed by atoms with E-state index in [-0.39, 0.29) is 0 Å². The predicted molar refractivity (Wildman–Crippen MR) is 71.1 cm³/mol. The highest BCUT2D eigenvalue weighted by atomic mass is 32.2. The van der Waals surface area contributed by atoms with Gasteiger partial charge >= 0.3 is 5.97 Å². The molecule has 0 aliphatic rings. The van der Waals surface area contributed by atoms with Gasteiger partial charge in [-0.05, 0) is 43.7 Å². The summed E-state index contributed by atoms with van der Waals surface area (Å²) in [5.41, 5.74) is 1.14. The molecule has 0 saturated carbocycles. The second-order valence-corrected chi connectivity index (χ2v) is 5.13. The Morgan fingerprint density at radius 2 is 2.06 bits per heavy atom. The molecule has 0 amide bonds. The number of furan rings is 1. The molecule has 2 rings (SSSR count). The molecule has 1 heterocycles. The van der Waals surface area contributed by atoms with Crippen LogP contribution in [0.25, 0.3) is 0 Å². The van der Waals surface area contributed by atoms with Gasteiger partial charge in [-0.2, -0.15) is 0 Å². The van der Waals surface area contributed by atoms with Crippen molar-refractivity contribution in [3.8, 4) is 0 Å². The lowest BCUT2D eigenvalue weighted by Gasteiger charge is -2.04. The van der Waals surface area contributed by atoms with Gasteiger partial charge in [0.05, 0.1) is 11.3 Å². The van der Waals surface area contributed by atoms with E-state index in [4.69, 9.17) is 9.52 Å². The van der Waals surface area contributed by atoms with E-state index in [1.807, 2.05) is 31.2 Å². The van der Waals surface area contributed by atoms with Crippen molar-refractivity contribution in [2.45, 2.75) is 24.5 Å². The highest BCUT2D eigenvalue weighted by Gasteiger charge is 2.08. The van der Waals surface area contributed by atoms with Crippen LogP contribution in [0.4, 0.5) is 0 Å². The number of rotatable bonds is 4. The van der Waals surface area contributed by atoms with Crippen molar-refractivity contribution in [2.24, 2.45) is 0 Å². The lowest BCUT2D eigenvalue weighted by molar-refractivity contribution is 0.0696. The van der Waals surface area contributed by atoms with Gasteiger partial charge < -0.3 is 9.52 Å². The lowest BCUT2D eigenvalue weighted by atomic mass is 10.1. The molecule has 0 atom stereocenters. The molecule has 0 aliphatic carbocycles. The molecule has 18 heavy (non-hydrogen) atoms. The van der Waals surface area contributed by atoms with Crippen LogP contribution < -0.4 is 0 Å². The zero-order chi connectivity index (χ0) is 13.1. The molecule has 0 unspecified atom stereocenters. The van der Waals surface area contributed by atoms with E-state index in [0.29, 0.717) is 11.3 Å². The third-order valence-electron chi connectivity index (χ3n) is 2.62. The van der Waals surface area contributed by atoms with Crippen LogP contribution in [-0.4, -0.2) is 11.1 Å². The molecule has 1 aromatic heterocycles. The molecule has 0 radical (unpaired) electrons. The number of hydrogen-bond donors (Lipinski definition) is 1. The summed E-state index contributed by atoms with van der Waals surface area (Å²) in [6.45, 7) is 3.70. The third kappa shape index (κ3) is 2.96. The van der Waals surface area contributed by atoms with Crippen molar-refractivity contribution in [1.82, 2.24) is 0 Å². The maximum absolute atomic E-state index is 11.0. The standard InChI is InChI=1S/C14H14O3S/c1-9-3-6-12(7-13(9)14(15)16)18-8-11-5-4-10(2)17-11/h3-7H,8H2,1-2H3,(H,15,16). The molecular weight excluding hydrogens is 248 g/mol. The number of carboxylic acids is 1. The number of carbonyl (C=O) groups is 1. The van der Waals surface area contributed by atoms with Gasteiger partial charge in [-0.25, -0.2) is 4.79 Å². The Kier molecular flexibility index (Phi) is 3.77. The molecule has 3 nitrogen and oxygen atoms in total. The summed E-state index contributed by atoms with van der Waals surface area (Å²) in [5.74, 6) is 1.61. The smallest absolute Gasteiger partial charge is 0.335 e. The summed E-state index contributed by atoms with van der Waals surface area (Å²) in [6.07, 6.45) is 0. The van der Waals surface area contributed by atoms with Crippen molar-refractivity contribution in [3.63, 3.8) is 0 Å². The van der Waals surface area contributed by atoms with Gasteiger partial charge in [-0.1, -0.05) is 6.07 Å². The first-order valence-electron chi connectivity index (χ1n) is 5.58. The highest BCUT2D eigenvalue weighted by molar-refractivity contribution is 7.98. The Labute approximate surface area is 110 Å². The molecule has 2 aromatic rings. The molecule has 94 valence electrons. The maximum Gasteiger partial charge on any atom is 0.335 e. The van der Waals surface area contributed by atoms with E-state index >= 15 is 0 Å². The molecule has 1 aromatic carbocycles. The summed E-state index contributed by atoms with van der Waals surface area (Å²) >= 11 is 1.57. The number of thioether (sulfide) groups is 1. The molecule has 0 fully saturated rings. The van der Waals surface area contributed by atoms with Gasteiger partial charge in [0.25, 0.3) is 0 Å². The fourth-order valence-corrected chi connectivity index (χ4v) is 2.47. The highest BCUT2D eigenvalue weighted by Crippen LogP contribution is 2.25. The van der Waals surface area contributed by atoms with Crippen molar-refractivity contribution in [1.29, 1.82) is 0 Å². The van der Waals surface area contributed by atoms with Crippen LogP contribution >= 0.6 is 11.8 Å². The van der Waals surface area contributed by atoms with E-state index < -0.39 is 5.97 Å². The van der Waals surface area contributed by atoms with Crippen LogP contribution in [-0.2, 0) is 5.75 Å². The first-order chi connectivity index (χ1) is 8.56. The van der Waals surface area contributed by atoms with E-state index in [1.54, 1.807) is 24.8 Å². The van der Waals surface area contributed by atoms with Crippen molar-refractivity contribution >= 4 is 17.7 Å². The molecule has 0 aliphatic heterocycles. The summed E-state index contributed by atoms with van der Waals surface area (Å²) in [6, 6.07) is 9.34. The topological polar surface area (TPSA) is 50.4 Å². The van der Waals surface area contributed by atoms with Crippen LogP contribution in [0.2, 0.25) is 0 Å². The summed E-state index contributed by atoms with van der Waals surface area (Å²) in [7, 11) is 0. The fraction of sp³-hybridized carbons (Fsp3) is 0.214. The first kappa shape index (κ1) is 12.8. The normalized spacial score (nSPS) is 10.6. The summed E-state index contributed by atoms with van der Waals surface area (Å²) < 4.78 is 5.47. The zero-order valence-electron chi connectivity index (χ0n) is 10.3. The van der Waals surface area contributed by atoms with Crippen molar-refractivity contribution in [2.75, 3.05) is 0 Å². The van der Waals surface area contributed by atoms with Gasteiger partial charge in [0.15, 0.2) is 0 Å². The Bertz CT molecular complexity index is 572. The third-order valence-corrected chi connectivity index (χ3v) is 3.63. The Morgan fingerprint density at radius 3 is 2.67 bits per heavy atom. The largest absolute Gasteiger partial charge is 0.478 e. The number of aryl methyl sites for hydroxylation is 2. The second-order valence-electron chi connectivity index (χ2n) is 4.08. The lowest BCUT2D eigenvalue weighted by Crippen LogP contribution is -1.99. The maximum atomic E-state index is 11.0. The minimum absolute atomic E-state index is 0.357. The number of hydrogen-bond acceptors (Lipinski definition) is 3. The van der Waals surface area contributed by atoms with Gasteiger partial charge in [0.1, 0.15) is 11.5 Å². The monoisotopic (exact) mass is 262 g/mol. The van der Waals surface area contributed by atoms with E-state index in [0.717, 1.165) is 22.0 Å². The van der Waals surface area contributed by atoms with Crippen LogP contribution in [0, 0.1) is 13.8 Å². The van der Waals surface area contributed by atoms with Gasteiger partial charge in [-0.3, -0.25) is 0 Å². The Hall–Kier alpha value is -1.68. The molecule has 0 spiro atoms. The molecule has 0 saturated heterocycles. The van der Waals surface area contributed by atoms with Crippen LogP contribution in [0.1, 0.15) is 27.4 Å². The average molecular weight is 262 g/mol. The predicted octanol–water partition coefficient (Wildman–Crippen LogP) is 3.89. The van der Waals surface area contributed by atoms with Crippen molar-refractivity contribution in [3.05, 3.63) is 53.0 Å². The van der Waals surface area contributed by atoms with Gasteiger partial charge in [-0.15, -0.1) is 11.8 Å². The second kappa shape index (κ2) is 5.31. The van der Waals surface area contributed by atoms with Gasteiger partial charge in [0, 0.05) is 4.90 Å². The summed E-state index contributed by atoms with van der Waals surface area (Å²) in [5, 5.41) is 9.05. The van der Waals surface area contributed by atoms with Crippen LogP contribution in [0.5, 0.6) is 0 Å². The van der Waals surface area contributed by atoms with Crippen LogP contribution in [0.3, 0.4) is 0 Å². The average Bonchev–Trinajstić information content (AvgIpc) is 2.74. The first-order valence-corrected chi connectivity index (χ1v) is 6.57. The number of aromatic carboxylic acids is 1. The Morgan fingerprint density at radius 1 is 1.28 bits per heavy atom. The number of carboxylic acid groups (broad SMARTS) is 1. The summed E-state index contributed by atoms with van der Waals surface area (Å²) in [4.78, 5) is 12.0. The minimum atomic E-state index is -0.885.